The van der Waals surface area contributed by atoms with Crippen LogP contribution < -0.4 is 0 Å². The number of aryl methyl sites for hydroxylation is 1. The first-order valence-corrected chi connectivity index (χ1v) is 7.33. The Morgan fingerprint density at radius 3 is 2.35 bits per heavy atom. The molecule has 2 aromatic rings. The first kappa shape index (κ1) is 13.1. The van der Waals surface area contributed by atoms with E-state index in [2.05, 4.69) is 72.8 Å². The minimum absolute atomic E-state index is 0.210. The van der Waals surface area contributed by atoms with Gasteiger partial charge in [-0.3, -0.25) is 0 Å². The van der Waals surface area contributed by atoms with Crippen LogP contribution in [0.4, 0.5) is 0 Å². The van der Waals surface area contributed by atoms with E-state index in [9.17, 15) is 0 Å². The molecule has 0 fully saturated rings. The predicted octanol–water partition coefficient (Wildman–Crippen LogP) is 4.71. The Bertz CT molecular complexity index is 544. The van der Waals surface area contributed by atoms with Gasteiger partial charge >= 0.3 is 0 Å². The van der Waals surface area contributed by atoms with Crippen LogP contribution in [0.15, 0.2) is 72.8 Å². The van der Waals surface area contributed by atoms with Crippen LogP contribution >= 0.6 is 0 Å². The van der Waals surface area contributed by atoms with Crippen molar-refractivity contribution >= 4 is 0 Å². The average molecular weight is 264 g/mol. The van der Waals surface area contributed by atoms with Crippen LogP contribution in [0, 0.1) is 0 Å². The summed E-state index contributed by atoms with van der Waals surface area (Å²) in [7, 11) is 0. The van der Waals surface area contributed by atoms with Gasteiger partial charge in [0.1, 0.15) is 0 Å². The van der Waals surface area contributed by atoms with Crippen LogP contribution in [0.25, 0.3) is 0 Å². The van der Waals surface area contributed by atoms with Crippen LogP contribution in [0.5, 0.6) is 0 Å². The number of rotatable bonds is 4. The maximum atomic E-state index is 6.21. The van der Waals surface area contributed by atoms with Crippen LogP contribution in [0.1, 0.15) is 30.1 Å². The van der Waals surface area contributed by atoms with Crippen molar-refractivity contribution in [3.05, 3.63) is 83.9 Å². The van der Waals surface area contributed by atoms with Crippen LogP contribution in [-0.2, 0) is 11.2 Å². The van der Waals surface area contributed by atoms with E-state index in [-0.39, 0.29) is 12.2 Å². The van der Waals surface area contributed by atoms with E-state index in [1.54, 1.807) is 0 Å². The van der Waals surface area contributed by atoms with Gasteiger partial charge in [0.2, 0.25) is 0 Å². The van der Waals surface area contributed by atoms with Crippen LogP contribution in [0.3, 0.4) is 0 Å². The zero-order valence-electron chi connectivity index (χ0n) is 11.6. The first-order chi connectivity index (χ1) is 9.92. The summed E-state index contributed by atoms with van der Waals surface area (Å²) in [4.78, 5) is 0. The molecule has 1 heterocycles. The van der Waals surface area contributed by atoms with Gasteiger partial charge < -0.3 is 4.74 Å². The Morgan fingerprint density at radius 1 is 0.900 bits per heavy atom. The van der Waals surface area contributed by atoms with Gasteiger partial charge in [-0.2, -0.15) is 0 Å². The van der Waals surface area contributed by atoms with Crippen molar-refractivity contribution in [2.45, 2.75) is 31.5 Å². The molecule has 0 aromatic heterocycles. The van der Waals surface area contributed by atoms with E-state index in [1.165, 1.54) is 11.1 Å². The number of ether oxygens (including phenoxy) is 1. The van der Waals surface area contributed by atoms with Crippen molar-refractivity contribution in [2.75, 3.05) is 0 Å². The minimum atomic E-state index is 0.210. The maximum Gasteiger partial charge on any atom is 0.0867 e. The van der Waals surface area contributed by atoms with Crippen molar-refractivity contribution in [3.8, 4) is 0 Å². The maximum absolute atomic E-state index is 6.21. The molecule has 0 saturated heterocycles. The Labute approximate surface area is 120 Å². The summed E-state index contributed by atoms with van der Waals surface area (Å²) >= 11 is 0. The van der Waals surface area contributed by atoms with E-state index < -0.39 is 0 Å². The SMILES string of the molecule is C1=C[C@@H](CCc2ccccc2)O[C@@H](c2ccccc2)C1. The standard InChI is InChI=1S/C19H20O/c1-3-8-16(9-4-1)14-15-18-12-7-13-19(20-18)17-10-5-2-6-11-17/h1-12,18-19H,13-15H2/t18-,19+/m0/s1. The fraction of sp³-hybridized carbons (Fsp3) is 0.263. The van der Waals surface area contributed by atoms with Gasteiger partial charge in [0, 0.05) is 0 Å². The largest absolute Gasteiger partial charge is 0.366 e. The molecule has 0 unspecified atom stereocenters. The van der Waals surface area contributed by atoms with E-state index in [1.807, 2.05) is 0 Å². The first-order valence-electron chi connectivity index (χ1n) is 7.33. The van der Waals surface area contributed by atoms with Gasteiger partial charge in [-0.25, -0.2) is 0 Å². The Morgan fingerprint density at radius 2 is 1.60 bits per heavy atom. The molecule has 1 aliphatic rings. The summed E-state index contributed by atoms with van der Waals surface area (Å²) in [5, 5.41) is 0. The molecule has 0 radical (unpaired) electrons. The Kier molecular flexibility index (Phi) is 4.29. The molecule has 20 heavy (non-hydrogen) atoms. The van der Waals surface area contributed by atoms with Crippen LogP contribution in [-0.4, -0.2) is 6.10 Å². The normalized spacial score (nSPS) is 21.8. The smallest absolute Gasteiger partial charge is 0.0867 e. The molecule has 1 heteroatoms. The Balaban J connectivity index is 1.59. The lowest BCUT2D eigenvalue weighted by Gasteiger charge is -2.26. The number of hydrogen-bond donors (Lipinski definition) is 0. The molecule has 0 saturated carbocycles. The summed E-state index contributed by atoms with van der Waals surface area (Å²) < 4.78 is 6.21. The molecular weight excluding hydrogens is 244 g/mol. The number of benzene rings is 2. The molecule has 1 nitrogen and oxygen atoms in total. The molecular formula is C19H20O. The summed E-state index contributed by atoms with van der Waals surface area (Å²) in [6, 6.07) is 21.1. The summed E-state index contributed by atoms with van der Waals surface area (Å²) in [5.41, 5.74) is 2.66. The Hall–Kier alpha value is -1.86. The third-order valence-corrected chi connectivity index (χ3v) is 3.77. The quantitative estimate of drug-likeness (QED) is 0.727. The zero-order valence-corrected chi connectivity index (χ0v) is 11.6. The van der Waals surface area contributed by atoms with Gasteiger partial charge in [0.25, 0.3) is 0 Å². The number of hydrogen-bond acceptors (Lipinski definition) is 1. The van der Waals surface area contributed by atoms with E-state index in [0.717, 1.165) is 19.3 Å². The molecule has 2 aromatic carbocycles. The fourth-order valence-electron chi connectivity index (χ4n) is 2.67. The van der Waals surface area contributed by atoms with E-state index >= 15 is 0 Å². The van der Waals surface area contributed by atoms with E-state index in [0.29, 0.717) is 0 Å². The molecule has 0 aliphatic carbocycles. The van der Waals surface area contributed by atoms with Gasteiger partial charge in [0.05, 0.1) is 12.2 Å². The second-order valence-electron chi connectivity index (χ2n) is 5.26. The average Bonchev–Trinajstić information content (AvgIpc) is 2.55. The highest BCUT2D eigenvalue weighted by Crippen LogP contribution is 2.28. The third kappa shape index (κ3) is 3.37. The molecule has 0 spiro atoms. The van der Waals surface area contributed by atoms with Gasteiger partial charge in [-0.15, -0.1) is 0 Å². The molecule has 0 bridgehead atoms. The highest BCUT2D eigenvalue weighted by molar-refractivity contribution is 5.20. The summed E-state index contributed by atoms with van der Waals surface area (Å²) in [6.45, 7) is 0. The highest BCUT2D eigenvalue weighted by atomic mass is 16.5. The monoisotopic (exact) mass is 264 g/mol. The van der Waals surface area contributed by atoms with Crippen molar-refractivity contribution in [1.82, 2.24) is 0 Å². The zero-order chi connectivity index (χ0) is 13.6. The third-order valence-electron chi connectivity index (χ3n) is 3.77. The second kappa shape index (κ2) is 6.53. The lowest BCUT2D eigenvalue weighted by atomic mass is 10.0. The van der Waals surface area contributed by atoms with Crippen molar-refractivity contribution in [3.63, 3.8) is 0 Å². The summed E-state index contributed by atoms with van der Waals surface area (Å²) in [6.07, 6.45) is 8.00. The van der Waals surface area contributed by atoms with Crippen molar-refractivity contribution in [2.24, 2.45) is 0 Å². The molecule has 0 N–H and O–H groups in total. The molecule has 0 amide bonds. The molecule has 2 atom stereocenters. The van der Waals surface area contributed by atoms with Crippen molar-refractivity contribution in [1.29, 1.82) is 0 Å². The second-order valence-corrected chi connectivity index (χ2v) is 5.26. The minimum Gasteiger partial charge on any atom is -0.366 e. The topological polar surface area (TPSA) is 9.23 Å². The molecule has 1 aliphatic heterocycles. The predicted molar refractivity (Wildman–Crippen MR) is 82.6 cm³/mol. The molecule has 102 valence electrons. The van der Waals surface area contributed by atoms with Gasteiger partial charge in [0.15, 0.2) is 0 Å². The van der Waals surface area contributed by atoms with Gasteiger partial charge in [-0.05, 0) is 30.4 Å². The lowest BCUT2D eigenvalue weighted by Crippen LogP contribution is -2.19. The van der Waals surface area contributed by atoms with Crippen LogP contribution in [0.2, 0.25) is 0 Å². The van der Waals surface area contributed by atoms with E-state index in [4.69, 9.17) is 4.74 Å². The van der Waals surface area contributed by atoms with Crippen molar-refractivity contribution < 1.29 is 4.74 Å². The molecule has 3 rings (SSSR count). The highest BCUT2D eigenvalue weighted by Gasteiger charge is 2.19. The van der Waals surface area contributed by atoms with Gasteiger partial charge in [-0.1, -0.05) is 72.8 Å². The lowest BCUT2D eigenvalue weighted by molar-refractivity contribution is 0.00117. The summed E-state index contributed by atoms with van der Waals surface area (Å²) in [5.74, 6) is 0. The fourth-order valence-corrected chi connectivity index (χ4v) is 2.67.